The summed E-state index contributed by atoms with van der Waals surface area (Å²) in [5.74, 6) is 0.716. The van der Waals surface area contributed by atoms with Crippen molar-refractivity contribution in [2.24, 2.45) is 45.7 Å². The molecule has 0 unspecified atom stereocenters. The first kappa shape index (κ1) is 37.6. The van der Waals surface area contributed by atoms with Gasteiger partial charge in [0.05, 0.1) is 35.3 Å². The van der Waals surface area contributed by atoms with Crippen molar-refractivity contribution in [3.8, 4) is 0 Å². The van der Waals surface area contributed by atoms with Crippen molar-refractivity contribution in [1.29, 1.82) is 0 Å². The Morgan fingerprint density at radius 3 is 2.41 bits per heavy atom. The number of hydrogen-bond donors (Lipinski definition) is 7. The molecule has 12 atom stereocenters. The van der Waals surface area contributed by atoms with Gasteiger partial charge in [-0.25, -0.2) is 0 Å². The maximum atomic E-state index is 14.2. The van der Waals surface area contributed by atoms with Crippen molar-refractivity contribution in [3.63, 3.8) is 0 Å². The van der Waals surface area contributed by atoms with Gasteiger partial charge in [-0.1, -0.05) is 52.5 Å². The maximum Gasteiger partial charge on any atom is 0.159 e. The number of ketones is 1. The van der Waals surface area contributed by atoms with Crippen molar-refractivity contribution in [2.45, 2.75) is 166 Å². The number of dihydropyridines is 1. The molecule has 0 spiro atoms. The van der Waals surface area contributed by atoms with Gasteiger partial charge < -0.3 is 41.3 Å². The molecule has 9 heteroatoms. The lowest BCUT2D eigenvalue weighted by Crippen LogP contribution is -2.64. The summed E-state index contributed by atoms with van der Waals surface area (Å²) >= 11 is 0. The summed E-state index contributed by atoms with van der Waals surface area (Å²) in [5.41, 5.74) is 2.16. The molecule has 51 heavy (non-hydrogen) atoms. The van der Waals surface area contributed by atoms with Crippen molar-refractivity contribution < 1.29 is 35.1 Å². The van der Waals surface area contributed by atoms with Crippen LogP contribution in [0.4, 0.5) is 0 Å². The molecule has 0 aromatic heterocycles. The lowest BCUT2D eigenvalue weighted by Gasteiger charge is -2.63. The van der Waals surface area contributed by atoms with Crippen LogP contribution in [0.2, 0.25) is 0 Å². The van der Waals surface area contributed by atoms with Crippen molar-refractivity contribution in [2.75, 3.05) is 13.2 Å². The number of nitrogens with one attached hydrogen (secondary N) is 1. The molecule has 2 aliphatic heterocycles. The molecule has 0 bridgehead atoms. The third-order valence-electron chi connectivity index (χ3n) is 16.4. The Bertz CT molecular complexity index is 1450. The van der Waals surface area contributed by atoms with Crippen LogP contribution < -0.4 is 11.1 Å². The van der Waals surface area contributed by atoms with Crippen LogP contribution in [0.5, 0.6) is 0 Å². The Labute approximate surface area is 305 Å². The van der Waals surface area contributed by atoms with E-state index in [2.05, 4.69) is 25.2 Å². The van der Waals surface area contributed by atoms with E-state index >= 15 is 0 Å². The topological polar surface area (TPSA) is 169 Å². The number of nitrogens with two attached hydrogens (primary N) is 1. The van der Waals surface area contributed by atoms with Gasteiger partial charge in [-0.3, -0.25) is 4.79 Å². The highest BCUT2D eigenvalue weighted by Crippen LogP contribution is 2.72. The van der Waals surface area contributed by atoms with Crippen molar-refractivity contribution in [1.82, 2.24) is 5.32 Å². The maximum absolute atomic E-state index is 14.2. The van der Waals surface area contributed by atoms with E-state index in [0.717, 1.165) is 43.3 Å². The molecule has 286 valence electrons. The molecule has 0 aromatic rings. The van der Waals surface area contributed by atoms with E-state index in [1.807, 2.05) is 13.0 Å². The molecule has 8 N–H and O–H groups in total. The van der Waals surface area contributed by atoms with E-state index in [-0.39, 0.29) is 35.6 Å². The van der Waals surface area contributed by atoms with Crippen LogP contribution in [0.15, 0.2) is 35.2 Å². The Morgan fingerprint density at radius 2 is 1.73 bits per heavy atom. The zero-order chi connectivity index (χ0) is 36.6. The van der Waals surface area contributed by atoms with Crippen LogP contribution >= 0.6 is 0 Å². The third kappa shape index (κ3) is 5.64. The molecule has 9 nitrogen and oxygen atoms in total. The summed E-state index contributed by atoms with van der Waals surface area (Å²) in [6.45, 7) is 8.22. The highest BCUT2D eigenvalue weighted by atomic mass is 16.6. The minimum Gasteiger partial charge on any atom is -0.396 e. The summed E-state index contributed by atoms with van der Waals surface area (Å²) in [7, 11) is 0. The van der Waals surface area contributed by atoms with Crippen LogP contribution in [-0.2, 0) is 9.53 Å². The van der Waals surface area contributed by atoms with Gasteiger partial charge in [-0.05, 0) is 130 Å². The summed E-state index contributed by atoms with van der Waals surface area (Å²) in [5, 5.41) is 62.9. The Balaban J connectivity index is 1.17. The number of fused-ring (bicyclic) bond motifs is 5. The smallest absolute Gasteiger partial charge is 0.159 e. The molecular formula is C42H66N2O7. The van der Waals surface area contributed by atoms with Gasteiger partial charge in [-0.2, -0.15) is 0 Å². The zero-order valence-corrected chi connectivity index (χ0v) is 31.6. The average Bonchev–Trinajstić information content (AvgIpc) is 3.88. The predicted octanol–water partition coefficient (Wildman–Crippen LogP) is 4.94. The molecule has 7 aliphatic rings. The summed E-state index contributed by atoms with van der Waals surface area (Å²) in [6.07, 6.45) is 16.9. The van der Waals surface area contributed by atoms with Gasteiger partial charge in [0.25, 0.3) is 0 Å². The van der Waals surface area contributed by atoms with Crippen LogP contribution in [0.1, 0.15) is 130 Å². The lowest BCUT2D eigenvalue weighted by atomic mass is 9.41. The lowest BCUT2D eigenvalue weighted by molar-refractivity contribution is -0.168. The number of aliphatic hydroxyl groups excluding tert-OH is 2. The van der Waals surface area contributed by atoms with Gasteiger partial charge in [0, 0.05) is 23.3 Å². The molecule has 5 fully saturated rings. The number of epoxide rings is 1. The number of rotatable bonds is 11. The van der Waals surface area contributed by atoms with E-state index in [1.165, 1.54) is 19.3 Å². The molecule has 7 rings (SSSR count). The van der Waals surface area contributed by atoms with Crippen LogP contribution in [0, 0.1) is 39.9 Å². The van der Waals surface area contributed by atoms with E-state index < -0.39 is 45.9 Å². The zero-order valence-electron chi connectivity index (χ0n) is 31.6. The predicted molar refractivity (Wildman–Crippen MR) is 196 cm³/mol. The largest absolute Gasteiger partial charge is 0.396 e. The quantitative estimate of drug-likeness (QED) is 0.147. The van der Waals surface area contributed by atoms with Gasteiger partial charge in [0.2, 0.25) is 0 Å². The Morgan fingerprint density at radius 1 is 0.980 bits per heavy atom. The second-order valence-electron chi connectivity index (χ2n) is 18.7. The Hall–Kier alpha value is -1.75. The normalized spacial score (nSPS) is 43.2. The fraction of sp³-hybridized carbons (Fsp3) is 0.833. The van der Waals surface area contributed by atoms with Gasteiger partial charge in [0.1, 0.15) is 12.2 Å². The minimum absolute atomic E-state index is 0.0823. The van der Waals surface area contributed by atoms with Crippen LogP contribution in [0.3, 0.4) is 0 Å². The van der Waals surface area contributed by atoms with Crippen LogP contribution in [0.25, 0.3) is 0 Å². The first-order valence-corrected chi connectivity index (χ1v) is 20.4. The molecule has 4 saturated carbocycles. The number of aliphatic hydroxyl groups is 5. The SMILES string of the molecule is CCC[C@@](O)([C@H]1CC[C@@]2(O)C3=CC(=O)[C@@H]4C[C@@H](O)CC[C@]4(C4CCCCC4)[C@H]3CC[C@]12C)[C@H]1O[C@@H]1[C@](C)(O)[C@](C)(CO)CCC1=CCNC(N)=C1. The van der Waals surface area contributed by atoms with Gasteiger partial charge >= 0.3 is 0 Å². The number of ether oxygens (including phenoxy) is 1. The molecule has 1 saturated heterocycles. The standard InChI is InChI=1S/C42H66N2O7/c1-5-16-41(49,36-35(51-36)39(4,48)37(2,25-45)17-11-26-15-21-44-34(43)22-26)33-14-20-42(50)30-24-32(47)31-23-28(46)12-19-40(31,27-9-7-6-8-10-27)29(30)13-18-38(33,42)3/h15,22,24,27-29,31,33,35-36,44-46,48-50H,5-14,16-21,23,25,43H2,1-4H3/t28-,29-,31-,33-,35-,36-,37-,38+,39-,40-,41+,42+/m0/s1. The third-order valence-corrected chi connectivity index (χ3v) is 16.4. The van der Waals surface area contributed by atoms with E-state index in [0.29, 0.717) is 69.7 Å². The summed E-state index contributed by atoms with van der Waals surface area (Å²) in [6, 6.07) is 0. The van der Waals surface area contributed by atoms with Crippen molar-refractivity contribution in [3.05, 3.63) is 35.2 Å². The second kappa shape index (κ2) is 13.2. The summed E-state index contributed by atoms with van der Waals surface area (Å²) in [4.78, 5) is 14.2. The van der Waals surface area contributed by atoms with Gasteiger partial charge in [0.15, 0.2) is 5.78 Å². The number of carbonyl (C=O) groups excluding carboxylic acids is 1. The highest BCUT2D eigenvalue weighted by molar-refractivity contribution is 5.95. The van der Waals surface area contributed by atoms with Crippen molar-refractivity contribution >= 4 is 5.78 Å². The van der Waals surface area contributed by atoms with Gasteiger partial charge in [-0.15, -0.1) is 0 Å². The first-order chi connectivity index (χ1) is 24.1. The highest BCUT2D eigenvalue weighted by Gasteiger charge is 2.74. The molecule has 2 heterocycles. The first-order valence-electron chi connectivity index (χ1n) is 20.4. The second-order valence-corrected chi connectivity index (χ2v) is 18.7. The summed E-state index contributed by atoms with van der Waals surface area (Å²) < 4.78 is 6.38. The number of carbonyl (C=O) groups is 1. The van der Waals surface area contributed by atoms with E-state index in [1.54, 1.807) is 13.0 Å². The molecule has 0 radical (unpaired) electrons. The number of hydrogen-bond acceptors (Lipinski definition) is 9. The Kier molecular flexibility index (Phi) is 9.74. The monoisotopic (exact) mass is 710 g/mol. The molecule has 5 aliphatic carbocycles. The molecular weight excluding hydrogens is 644 g/mol. The van der Waals surface area contributed by atoms with E-state index in [9.17, 15) is 30.3 Å². The fourth-order valence-electron chi connectivity index (χ4n) is 13.1. The fourth-order valence-corrected chi connectivity index (χ4v) is 13.1. The van der Waals surface area contributed by atoms with Crippen LogP contribution in [-0.4, -0.2) is 79.6 Å². The minimum atomic E-state index is -1.43. The average molecular weight is 711 g/mol. The number of allylic oxidation sites excluding steroid dienone is 3. The molecule has 0 aromatic carbocycles. The molecule has 0 amide bonds. The van der Waals surface area contributed by atoms with E-state index in [4.69, 9.17) is 10.5 Å².